The molecule has 3 aromatic rings. The fraction of sp³-hybridized carbons (Fsp3) is 0.333. The molecule has 0 saturated carbocycles. The van der Waals surface area contributed by atoms with Crippen LogP contribution in [0.15, 0.2) is 72.8 Å². The van der Waals surface area contributed by atoms with Crippen LogP contribution in [-0.2, 0) is 22.2 Å². The van der Waals surface area contributed by atoms with E-state index in [-0.39, 0.29) is 18.9 Å². The number of amides is 2. The van der Waals surface area contributed by atoms with Crippen LogP contribution in [-0.4, -0.2) is 50.6 Å². The van der Waals surface area contributed by atoms with Crippen LogP contribution in [0.25, 0.3) is 0 Å². The van der Waals surface area contributed by atoms with Crippen LogP contribution in [0.5, 0.6) is 11.5 Å². The first-order chi connectivity index (χ1) is 18.6. The highest BCUT2D eigenvalue weighted by Crippen LogP contribution is 2.34. The molecule has 0 radical (unpaired) electrons. The maximum absolute atomic E-state index is 14.1. The minimum atomic E-state index is -4.44. The highest BCUT2D eigenvalue weighted by Gasteiger charge is 2.34. The van der Waals surface area contributed by atoms with Crippen molar-refractivity contribution >= 4 is 17.5 Å². The average Bonchev–Trinajstić information content (AvgIpc) is 2.91. The van der Waals surface area contributed by atoms with Gasteiger partial charge in [0.15, 0.2) is 11.5 Å². The van der Waals surface area contributed by atoms with E-state index >= 15 is 0 Å². The van der Waals surface area contributed by atoms with Crippen molar-refractivity contribution in [2.75, 3.05) is 38.8 Å². The summed E-state index contributed by atoms with van der Waals surface area (Å²) in [4.78, 5) is 30.2. The minimum absolute atomic E-state index is 0.119. The van der Waals surface area contributed by atoms with Crippen molar-refractivity contribution in [1.82, 2.24) is 4.90 Å². The molecular weight excluding hydrogens is 509 g/mol. The molecule has 0 saturated heterocycles. The number of alkyl halides is 3. The molecule has 3 rings (SSSR count). The van der Waals surface area contributed by atoms with E-state index in [0.717, 1.165) is 12.1 Å². The molecule has 1 atom stereocenters. The fourth-order valence-electron chi connectivity index (χ4n) is 4.13. The van der Waals surface area contributed by atoms with Gasteiger partial charge in [-0.15, -0.1) is 0 Å². The van der Waals surface area contributed by atoms with Gasteiger partial charge < -0.3 is 19.3 Å². The predicted octanol–water partition coefficient (Wildman–Crippen LogP) is 5.95. The SMILES string of the molecule is CCOc1ccc(N(CCc2ccc(C(F)(F)F)cc2)C(=O)C(C(=O)N(C)C)c2ccccc2)cc1OCC. The van der Waals surface area contributed by atoms with E-state index < -0.39 is 23.6 Å². The molecule has 0 fully saturated rings. The van der Waals surface area contributed by atoms with E-state index in [2.05, 4.69) is 0 Å². The lowest BCUT2D eigenvalue weighted by molar-refractivity contribution is -0.138. The summed E-state index contributed by atoms with van der Waals surface area (Å²) in [7, 11) is 3.17. The summed E-state index contributed by atoms with van der Waals surface area (Å²) >= 11 is 0. The van der Waals surface area contributed by atoms with Crippen molar-refractivity contribution in [2.45, 2.75) is 32.4 Å². The second kappa shape index (κ2) is 13.2. The van der Waals surface area contributed by atoms with Gasteiger partial charge in [0.25, 0.3) is 0 Å². The van der Waals surface area contributed by atoms with Gasteiger partial charge in [0.05, 0.1) is 18.8 Å². The Morgan fingerprint density at radius 2 is 1.44 bits per heavy atom. The van der Waals surface area contributed by atoms with Crippen LogP contribution in [0, 0.1) is 0 Å². The van der Waals surface area contributed by atoms with E-state index in [1.54, 1.807) is 62.6 Å². The topological polar surface area (TPSA) is 59.1 Å². The predicted molar refractivity (Wildman–Crippen MR) is 144 cm³/mol. The zero-order chi connectivity index (χ0) is 28.6. The lowest BCUT2D eigenvalue weighted by Crippen LogP contribution is -2.43. The van der Waals surface area contributed by atoms with Gasteiger partial charge in [0.1, 0.15) is 5.92 Å². The number of benzene rings is 3. The summed E-state index contributed by atoms with van der Waals surface area (Å²) in [6, 6.07) is 18.7. The van der Waals surface area contributed by atoms with Gasteiger partial charge in [-0.05, 0) is 55.7 Å². The first kappa shape index (κ1) is 29.5. The summed E-state index contributed by atoms with van der Waals surface area (Å²) in [5, 5.41) is 0. The highest BCUT2D eigenvalue weighted by atomic mass is 19.4. The Kier molecular flexibility index (Phi) is 9.98. The Morgan fingerprint density at radius 1 is 0.821 bits per heavy atom. The van der Waals surface area contributed by atoms with Crippen molar-refractivity contribution in [1.29, 1.82) is 0 Å². The Morgan fingerprint density at radius 3 is 2.00 bits per heavy atom. The summed E-state index contributed by atoms with van der Waals surface area (Å²) in [5.74, 6) is -1.00. The largest absolute Gasteiger partial charge is 0.490 e. The summed E-state index contributed by atoms with van der Waals surface area (Å²) in [6.07, 6.45) is -4.17. The molecule has 39 heavy (non-hydrogen) atoms. The van der Waals surface area contributed by atoms with Gasteiger partial charge in [-0.3, -0.25) is 9.59 Å². The maximum atomic E-state index is 14.1. The van der Waals surface area contributed by atoms with E-state index in [1.807, 2.05) is 13.8 Å². The quantitative estimate of drug-likeness (QED) is 0.281. The standard InChI is InChI=1S/C30H33F3N2O4/c1-5-38-25-17-16-24(20-26(25)39-6-2)35(19-18-21-12-14-23(15-13-21)30(31,32)33)29(37)27(28(36)34(3)4)22-10-8-7-9-11-22/h7-17,20,27H,5-6,18-19H2,1-4H3. The van der Waals surface area contributed by atoms with Crippen LogP contribution in [0.2, 0.25) is 0 Å². The first-order valence-electron chi connectivity index (χ1n) is 12.7. The molecule has 0 N–H and O–H groups in total. The second-order valence-electron chi connectivity index (χ2n) is 9.01. The van der Waals surface area contributed by atoms with Gasteiger partial charge in [-0.1, -0.05) is 42.5 Å². The van der Waals surface area contributed by atoms with E-state index in [4.69, 9.17) is 9.47 Å². The fourth-order valence-corrected chi connectivity index (χ4v) is 4.13. The van der Waals surface area contributed by atoms with Gasteiger partial charge in [0.2, 0.25) is 11.8 Å². The number of nitrogens with zero attached hydrogens (tertiary/aromatic N) is 2. The number of carbonyl (C=O) groups excluding carboxylic acids is 2. The number of halogens is 3. The summed E-state index contributed by atoms with van der Waals surface area (Å²) in [6.45, 7) is 4.59. The Hall–Kier alpha value is -4.01. The lowest BCUT2D eigenvalue weighted by atomic mass is 9.95. The number of ether oxygens (including phenoxy) is 2. The monoisotopic (exact) mass is 542 g/mol. The number of likely N-dealkylation sites (N-methyl/N-ethyl adjacent to an activating group) is 1. The number of anilines is 1. The molecule has 6 nitrogen and oxygen atoms in total. The molecule has 0 aliphatic carbocycles. The third kappa shape index (κ3) is 7.52. The summed E-state index contributed by atoms with van der Waals surface area (Å²) in [5.41, 5.74) is 0.891. The molecule has 1 unspecified atom stereocenters. The van der Waals surface area contributed by atoms with Crippen LogP contribution < -0.4 is 14.4 Å². The summed E-state index contributed by atoms with van der Waals surface area (Å²) < 4.78 is 50.5. The van der Waals surface area contributed by atoms with E-state index in [9.17, 15) is 22.8 Å². The van der Waals surface area contributed by atoms with Crippen LogP contribution >= 0.6 is 0 Å². The third-order valence-electron chi connectivity index (χ3n) is 6.08. The van der Waals surface area contributed by atoms with Gasteiger partial charge in [-0.25, -0.2) is 0 Å². The van der Waals surface area contributed by atoms with Crippen LogP contribution in [0.4, 0.5) is 18.9 Å². The molecule has 0 spiro atoms. The molecule has 0 bridgehead atoms. The second-order valence-corrected chi connectivity index (χ2v) is 9.01. The Bertz CT molecular complexity index is 1250. The van der Waals surface area contributed by atoms with Crippen molar-refractivity contribution in [3.05, 3.63) is 89.5 Å². The van der Waals surface area contributed by atoms with Crippen LogP contribution in [0.1, 0.15) is 36.5 Å². The van der Waals surface area contributed by atoms with Crippen molar-refractivity contribution in [2.24, 2.45) is 0 Å². The minimum Gasteiger partial charge on any atom is -0.490 e. The smallest absolute Gasteiger partial charge is 0.416 e. The van der Waals surface area contributed by atoms with Gasteiger partial charge in [-0.2, -0.15) is 13.2 Å². The normalized spacial score (nSPS) is 12.0. The van der Waals surface area contributed by atoms with Crippen molar-refractivity contribution in [3.63, 3.8) is 0 Å². The highest BCUT2D eigenvalue weighted by molar-refractivity contribution is 6.12. The molecule has 0 aliphatic rings. The zero-order valence-electron chi connectivity index (χ0n) is 22.5. The van der Waals surface area contributed by atoms with Crippen molar-refractivity contribution < 1.29 is 32.2 Å². The average molecular weight is 543 g/mol. The molecule has 208 valence electrons. The zero-order valence-corrected chi connectivity index (χ0v) is 22.5. The Labute approximate surface area is 226 Å². The molecule has 3 aromatic carbocycles. The first-order valence-corrected chi connectivity index (χ1v) is 12.7. The molecule has 0 heterocycles. The maximum Gasteiger partial charge on any atom is 0.416 e. The molecule has 9 heteroatoms. The molecule has 2 amide bonds. The van der Waals surface area contributed by atoms with Crippen LogP contribution in [0.3, 0.4) is 0 Å². The van der Waals surface area contributed by atoms with Gasteiger partial charge in [0, 0.05) is 32.4 Å². The molecule has 0 aromatic heterocycles. The third-order valence-corrected chi connectivity index (χ3v) is 6.08. The number of carbonyl (C=O) groups is 2. The van der Waals surface area contributed by atoms with Gasteiger partial charge >= 0.3 is 6.18 Å². The molecular formula is C30H33F3N2O4. The lowest BCUT2D eigenvalue weighted by Gasteiger charge is -2.29. The van der Waals surface area contributed by atoms with Crippen molar-refractivity contribution in [3.8, 4) is 11.5 Å². The number of rotatable bonds is 11. The Balaban J connectivity index is 2.03. The number of hydrogen-bond acceptors (Lipinski definition) is 4. The van der Waals surface area contributed by atoms with E-state index in [0.29, 0.717) is 41.5 Å². The molecule has 0 aliphatic heterocycles. The van der Waals surface area contributed by atoms with E-state index in [1.165, 1.54) is 21.9 Å². The number of hydrogen-bond donors (Lipinski definition) is 0.